The molecule has 4 rings (SSSR count). The lowest BCUT2D eigenvalue weighted by molar-refractivity contribution is 0.0784. The van der Waals surface area contributed by atoms with Gasteiger partial charge < -0.3 is 9.80 Å². The summed E-state index contributed by atoms with van der Waals surface area (Å²) in [5.74, 6) is -0.0421. The molecule has 1 aliphatic rings. The fourth-order valence-corrected chi connectivity index (χ4v) is 4.82. The van der Waals surface area contributed by atoms with E-state index in [-0.39, 0.29) is 17.7 Å². The van der Waals surface area contributed by atoms with Crippen LogP contribution in [0.1, 0.15) is 43.8 Å². The van der Waals surface area contributed by atoms with Crippen molar-refractivity contribution in [3.05, 3.63) is 52.6 Å². The van der Waals surface area contributed by atoms with E-state index in [1.807, 2.05) is 19.1 Å². The largest absolute Gasteiger partial charge is 0.344 e. The number of pyridine rings is 1. The van der Waals surface area contributed by atoms with E-state index in [0.717, 1.165) is 27.9 Å². The van der Waals surface area contributed by atoms with Crippen LogP contribution in [0.2, 0.25) is 0 Å². The molecule has 0 unspecified atom stereocenters. The fourth-order valence-electron chi connectivity index (χ4n) is 3.56. The van der Waals surface area contributed by atoms with E-state index in [4.69, 9.17) is 0 Å². The molecule has 1 aliphatic heterocycles. The van der Waals surface area contributed by atoms with Crippen molar-refractivity contribution in [2.75, 3.05) is 27.2 Å². The predicted molar refractivity (Wildman–Crippen MR) is 108 cm³/mol. The average Bonchev–Trinajstić information content (AvgIpc) is 3.31. The first-order valence-electron chi connectivity index (χ1n) is 9.12. The lowest BCUT2D eigenvalue weighted by atomic mass is 9.95. The lowest BCUT2D eigenvalue weighted by Gasteiger charge is -2.17. The Balaban J connectivity index is 1.66. The molecule has 0 aliphatic carbocycles. The van der Waals surface area contributed by atoms with Crippen molar-refractivity contribution < 1.29 is 9.59 Å². The van der Waals surface area contributed by atoms with E-state index < -0.39 is 0 Å². The second-order valence-electron chi connectivity index (χ2n) is 7.18. The van der Waals surface area contributed by atoms with Gasteiger partial charge in [0, 0.05) is 50.9 Å². The van der Waals surface area contributed by atoms with Crippen LogP contribution in [-0.4, -0.2) is 63.8 Å². The van der Waals surface area contributed by atoms with Crippen molar-refractivity contribution in [1.82, 2.24) is 24.8 Å². The maximum atomic E-state index is 12.8. The molecule has 0 spiro atoms. The summed E-state index contributed by atoms with van der Waals surface area (Å²) in [7, 11) is 3.51. The number of hydrogen-bond donors (Lipinski definition) is 0. The lowest BCUT2D eigenvalue weighted by Crippen LogP contribution is -2.29. The first-order valence-corrected chi connectivity index (χ1v) is 9.94. The summed E-state index contributed by atoms with van der Waals surface area (Å²) in [4.78, 5) is 43.4. The normalized spacial score (nSPS) is 16.5. The van der Waals surface area contributed by atoms with Crippen molar-refractivity contribution >= 4 is 33.4 Å². The number of carbonyl (C=O) groups is 2. The summed E-state index contributed by atoms with van der Waals surface area (Å²) in [6, 6.07) is 3.90. The first kappa shape index (κ1) is 18.5. The van der Waals surface area contributed by atoms with Gasteiger partial charge in [-0.15, -0.1) is 11.3 Å². The van der Waals surface area contributed by atoms with E-state index in [1.165, 1.54) is 17.5 Å². The monoisotopic (exact) mass is 395 g/mol. The van der Waals surface area contributed by atoms with E-state index >= 15 is 0 Å². The third kappa shape index (κ3) is 3.24. The molecule has 1 saturated heterocycles. The standard InChI is InChI=1S/C20H21N5O2S/c1-12-9-23-15(10-22-12)19(26)25-8-6-13(11-25)16-14-5-4-7-21-18(14)28-17(16)20(27)24(2)3/h4-5,7,9-10,13H,6,8,11H2,1-3H3/t13-/m0/s1. The number of amides is 2. The minimum absolute atomic E-state index is 0.0211. The zero-order chi connectivity index (χ0) is 19.8. The highest BCUT2D eigenvalue weighted by Gasteiger charge is 2.33. The van der Waals surface area contributed by atoms with Crippen molar-refractivity contribution in [1.29, 1.82) is 0 Å². The minimum atomic E-state index is -0.117. The zero-order valence-corrected chi connectivity index (χ0v) is 16.9. The van der Waals surface area contributed by atoms with Gasteiger partial charge in [0.05, 0.1) is 16.8 Å². The predicted octanol–water partition coefficient (Wildman–Crippen LogP) is 2.73. The molecule has 4 heterocycles. The van der Waals surface area contributed by atoms with E-state index in [0.29, 0.717) is 23.7 Å². The molecule has 28 heavy (non-hydrogen) atoms. The van der Waals surface area contributed by atoms with Crippen LogP contribution in [0.3, 0.4) is 0 Å². The van der Waals surface area contributed by atoms with Crippen LogP contribution in [-0.2, 0) is 0 Å². The number of carbonyl (C=O) groups excluding carboxylic acids is 2. The SMILES string of the molecule is Cc1cnc(C(=O)N2CC[C@H](c3c(C(=O)N(C)C)sc4ncccc34)C2)cn1. The zero-order valence-electron chi connectivity index (χ0n) is 16.0. The van der Waals surface area contributed by atoms with E-state index in [9.17, 15) is 9.59 Å². The number of nitrogens with zero attached hydrogens (tertiary/aromatic N) is 5. The van der Waals surface area contributed by atoms with Gasteiger partial charge in [0.15, 0.2) is 0 Å². The van der Waals surface area contributed by atoms with Gasteiger partial charge in [0.2, 0.25) is 0 Å². The molecule has 0 aromatic carbocycles. The smallest absolute Gasteiger partial charge is 0.274 e. The Morgan fingerprint density at radius 2 is 2.04 bits per heavy atom. The molecule has 8 heteroatoms. The Hall–Kier alpha value is -2.87. The topological polar surface area (TPSA) is 79.3 Å². The van der Waals surface area contributed by atoms with Crippen LogP contribution < -0.4 is 0 Å². The molecule has 7 nitrogen and oxygen atoms in total. The van der Waals surface area contributed by atoms with Gasteiger partial charge in [-0.25, -0.2) is 9.97 Å². The van der Waals surface area contributed by atoms with Gasteiger partial charge in [0.1, 0.15) is 10.5 Å². The molecular formula is C20H21N5O2S. The van der Waals surface area contributed by atoms with Gasteiger partial charge >= 0.3 is 0 Å². The fraction of sp³-hybridized carbons (Fsp3) is 0.350. The second-order valence-corrected chi connectivity index (χ2v) is 8.18. The quantitative estimate of drug-likeness (QED) is 0.681. The number of aromatic nitrogens is 3. The maximum absolute atomic E-state index is 12.8. The van der Waals surface area contributed by atoms with Crippen LogP contribution in [0.4, 0.5) is 0 Å². The highest BCUT2D eigenvalue weighted by molar-refractivity contribution is 7.20. The Labute approximate surface area is 167 Å². The maximum Gasteiger partial charge on any atom is 0.274 e. The Morgan fingerprint density at radius 3 is 2.75 bits per heavy atom. The summed E-state index contributed by atoms with van der Waals surface area (Å²) in [5, 5.41) is 1.01. The highest BCUT2D eigenvalue weighted by Crippen LogP contribution is 2.40. The first-order chi connectivity index (χ1) is 13.5. The number of hydrogen-bond acceptors (Lipinski definition) is 6. The number of rotatable bonds is 3. The molecule has 0 radical (unpaired) electrons. The molecule has 2 amide bonds. The average molecular weight is 395 g/mol. The summed E-state index contributed by atoms with van der Waals surface area (Å²) in [6.07, 6.45) is 5.68. The highest BCUT2D eigenvalue weighted by atomic mass is 32.1. The van der Waals surface area contributed by atoms with Crippen molar-refractivity contribution in [3.8, 4) is 0 Å². The molecule has 1 fully saturated rings. The van der Waals surface area contributed by atoms with Gasteiger partial charge in [-0.3, -0.25) is 14.6 Å². The summed E-state index contributed by atoms with van der Waals surface area (Å²) >= 11 is 1.43. The van der Waals surface area contributed by atoms with Gasteiger partial charge in [-0.1, -0.05) is 6.07 Å². The summed E-state index contributed by atoms with van der Waals surface area (Å²) in [5.41, 5.74) is 2.14. The van der Waals surface area contributed by atoms with Gasteiger partial charge in [-0.05, 0) is 25.0 Å². The van der Waals surface area contributed by atoms with Crippen molar-refractivity contribution in [2.24, 2.45) is 0 Å². The Kier molecular flexibility index (Phi) is 4.80. The third-order valence-corrected chi connectivity index (χ3v) is 6.11. The molecular weight excluding hydrogens is 374 g/mol. The van der Waals surface area contributed by atoms with Crippen LogP contribution in [0, 0.1) is 6.92 Å². The van der Waals surface area contributed by atoms with Gasteiger partial charge in [0.25, 0.3) is 11.8 Å². The molecule has 1 atom stereocenters. The van der Waals surface area contributed by atoms with Crippen molar-refractivity contribution in [2.45, 2.75) is 19.3 Å². The number of aryl methyl sites for hydroxylation is 1. The number of fused-ring (bicyclic) bond motifs is 1. The molecule has 0 N–H and O–H groups in total. The Morgan fingerprint density at radius 1 is 1.21 bits per heavy atom. The van der Waals surface area contributed by atoms with Crippen LogP contribution in [0.5, 0.6) is 0 Å². The van der Waals surface area contributed by atoms with Crippen LogP contribution in [0.15, 0.2) is 30.7 Å². The van der Waals surface area contributed by atoms with E-state index in [2.05, 4.69) is 15.0 Å². The van der Waals surface area contributed by atoms with Crippen LogP contribution in [0.25, 0.3) is 10.2 Å². The second kappa shape index (κ2) is 7.27. The summed E-state index contributed by atoms with van der Waals surface area (Å²) in [6.45, 7) is 3.03. The number of likely N-dealkylation sites (tertiary alicyclic amines) is 1. The molecule has 3 aromatic heterocycles. The molecule has 3 aromatic rings. The summed E-state index contributed by atoms with van der Waals surface area (Å²) < 4.78 is 0. The number of thiophene rings is 1. The molecule has 0 saturated carbocycles. The van der Waals surface area contributed by atoms with Gasteiger partial charge in [-0.2, -0.15) is 0 Å². The van der Waals surface area contributed by atoms with Crippen LogP contribution >= 0.6 is 11.3 Å². The Bertz CT molecular complexity index is 1040. The molecule has 0 bridgehead atoms. The molecule has 144 valence electrons. The van der Waals surface area contributed by atoms with Crippen molar-refractivity contribution in [3.63, 3.8) is 0 Å². The third-order valence-electron chi connectivity index (χ3n) is 4.99. The minimum Gasteiger partial charge on any atom is -0.344 e. The van der Waals surface area contributed by atoms with E-state index in [1.54, 1.807) is 36.3 Å².